The van der Waals surface area contributed by atoms with Crippen molar-refractivity contribution in [2.24, 2.45) is 5.73 Å². The molecule has 0 aromatic carbocycles. The Morgan fingerprint density at radius 2 is 1.89 bits per heavy atom. The Morgan fingerprint density at radius 3 is 2.53 bits per heavy atom. The average molecular weight is 267 g/mol. The van der Waals surface area contributed by atoms with Crippen LogP contribution in [0.5, 0.6) is 0 Å². The molecule has 110 valence electrons. The highest BCUT2D eigenvalue weighted by Crippen LogP contribution is 2.28. The average Bonchev–Trinajstić information content (AvgIpc) is 2.72. The molecule has 1 aliphatic heterocycles. The van der Waals surface area contributed by atoms with Gasteiger partial charge in [-0.1, -0.05) is 25.7 Å². The van der Waals surface area contributed by atoms with E-state index < -0.39 is 0 Å². The third kappa shape index (κ3) is 3.69. The van der Waals surface area contributed by atoms with Gasteiger partial charge in [0.15, 0.2) is 0 Å². The van der Waals surface area contributed by atoms with Crippen molar-refractivity contribution in [3.63, 3.8) is 0 Å². The molecule has 0 spiro atoms. The van der Waals surface area contributed by atoms with E-state index in [1.807, 2.05) is 0 Å². The van der Waals surface area contributed by atoms with Crippen molar-refractivity contribution in [3.8, 4) is 0 Å². The Hall–Kier alpha value is -0.610. The molecule has 4 nitrogen and oxygen atoms in total. The van der Waals surface area contributed by atoms with Crippen molar-refractivity contribution in [1.29, 1.82) is 0 Å². The SMILES string of the molecule is CC1CCNC(=O)C(CCN)N1C1CCCCCC1. The second kappa shape index (κ2) is 7.25. The quantitative estimate of drug-likeness (QED) is 0.764. The molecule has 1 heterocycles. The Kier molecular flexibility index (Phi) is 5.64. The number of rotatable bonds is 3. The number of hydrogen-bond acceptors (Lipinski definition) is 3. The van der Waals surface area contributed by atoms with Gasteiger partial charge < -0.3 is 11.1 Å². The van der Waals surface area contributed by atoms with Crippen LogP contribution in [0, 0.1) is 0 Å². The molecule has 4 heteroatoms. The fraction of sp³-hybridized carbons (Fsp3) is 0.933. The standard InChI is InChI=1S/C15H29N3O/c1-12-9-11-17-15(19)14(8-10-16)18(12)13-6-4-2-3-5-7-13/h12-14H,2-11,16H2,1H3,(H,17,19). The van der Waals surface area contributed by atoms with E-state index in [1.165, 1.54) is 38.5 Å². The van der Waals surface area contributed by atoms with Crippen LogP contribution < -0.4 is 11.1 Å². The third-order valence-corrected chi connectivity index (χ3v) is 4.72. The molecular weight excluding hydrogens is 238 g/mol. The van der Waals surface area contributed by atoms with E-state index in [0.29, 0.717) is 18.6 Å². The van der Waals surface area contributed by atoms with E-state index in [4.69, 9.17) is 5.73 Å². The molecule has 3 N–H and O–H groups in total. The van der Waals surface area contributed by atoms with Gasteiger partial charge >= 0.3 is 0 Å². The highest BCUT2D eigenvalue weighted by Gasteiger charge is 2.36. The summed E-state index contributed by atoms with van der Waals surface area (Å²) >= 11 is 0. The van der Waals surface area contributed by atoms with Gasteiger partial charge in [0.25, 0.3) is 0 Å². The highest BCUT2D eigenvalue weighted by atomic mass is 16.2. The lowest BCUT2D eigenvalue weighted by Gasteiger charge is -2.39. The molecule has 2 unspecified atom stereocenters. The van der Waals surface area contributed by atoms with Crippen molar-refractivity contribution in [1.82, 2.24) is 10.2 Å². The molecular formula is C15H29N3O. The lowest BCUT2D eigenvalue weighted by Crippen LogP contribution is -2.52. The largest absolute Gasteiger partial charge is 0.355 e. The molecule has 2 rings (SSSR count). The minimum atomic E-state index is -0.00870. The van der Waals surface area contributed by atoms with Crippen LogP contribution in [0.4, 0.5) is 0 Å². The number of nitrogens with one attached hydrogen (secondary N) is 1. The number of carbonyl (C=O) groups is 1. The van der Waals surface area contributed by atoms with E-state index in [0.717, 1.165) is 19.4 Å². The first kappa shape index (κ1) is 14.8. The van der Waals surface area contributed by atoms with Gasteiger partial charge in [0.2, 0.25) is 5.91 Å². The summed E-state index contributed by atoms with van der Waals surface area (Å²) < 4.78 is 0. The van der Waals surface area contributed by atoms with E-state index >= 15 is 0 Å². The zero-order valence-electron chi connectivity index (χ0n) is 12.2. The fourth-order valence-electron chi connectivity index (χ4n) is 3.72. The maximum Gasteiger partial charge on any atom is 0.237 e. The van der Waals surface area contributed by atoms with Gasteiger partial charge in [-0.2, -0.15) is 0 Å². The van der Waals surface area contributed by atoms with E-state index in [2.05, 4.69) is 17.1 Å². The molecule has 2 aliphatic rings. The highest BCUT2D eigenvalue weighted by molar-refractivity contribution is 5.82. The van der Waals surface area contributed by atoms with Crippen molar-refractivity contribution in [2.75, 3.05) is 13.1 Å². The lowest BCUT2D eigenvalue weighted by molar-refractivity contribution is -0.127. The smallest absolute Gasteiger partial charge is 0.237 e. The summed E-state index contributed by atoms with van der Waals surface area (Å²) in [4.78, 5) is 14.8. The number of nitrogens with zero attached hydrogens (tertiary/aromatic N) is 1. The first-order valence-corrected chi connectivity index (χ1v) is 7.99. The molecule has 2 fully saturated rings. The number of amides is 1. The van der Waals surface area contributed by atoms with Crippen molar-refractivity contribution in [3.05, 3.63) is 0 Å². The van der Waals surface area contributed by atoms with Crippen LogP contribution in [0.2, 0.25) is 0 Å². The number of carbonyl (C=O) groups excluding carboxylic acids is 1. The van der Waals surface area contributed by atoms with Gasteiger partial charge in [-0.25, -0.2) is 0 Å². The number of nitrogens with two attached hydrogens (primary N) is 1. The van der Waals surface area contributed by atoms with Crippen LogP contribution >= 0.6 is 0 Å². The lowest BCUT2D eigenvalue weighted by atomic mass is 9.99. The molecule has 1 saturated heterocycles. The summed E-state index contributed by atoms with van der Waals surface area (Å²) in [6.07, 6.45) is 9.67. The Morgan fingerprint density at radius 1 is 1.21 bits per heavy atom. The first-order chi connectivity index (χ1) is 9.24. The van der Waals surface area contributed by atoms with E-state index in [9.17, 15) is 4.79 Å². The minimum Gasteiger partial charge on any atom is -0.355 e. The first-order valence-electron chi connectivity index (χ1n) is 7.99. The third-order valence-electron chi connectivity index (χ3n) is 4.72. The van der Waals surface area contributed by atoms with Crippen LogP contribution in [0.3, 0.4) is 0 Å². The fourth-order valence-corrected chi connectivity index (χ4v) is 3.72. The summed E-state index contributed by atoms with van der Waals surface area (Å²) in [5, 5.41) is 3.06. The van der Waals surface area contributed by atoms with Crippen molar-refractivity contribution in [2.45, 2.75) is 76.4 Å². The molecule has 0 bridgehead atoms. The molecule has 1 amide bonds. The monoisotopic (exact) mass is 267 g/mol. The summed E-state index contributed by atoms with van der Waals surface area (Å²) in [6.45, 7) is 3.67. The zero-order chi connectivity index (χ0) is 13.7. The molecule has 0 aromatic rings. The predicted octanol–water partition coefficient (Wildman–Crippen LogP) is 1.64. The Bertz CT molecular complexity index is 287. The van der Waals surface area contributed by atoms with Gasteiger partial charge in [0, 0.05) is 18.6 Å². The van der Waals surface area contributed by atoms with Crippen LogP contribution in [0.15, 0.2) is 0 Å². The maximum atomic E-state index is 12.3. The Balaban J connectivity index is 2.15. The van der Waals surface area contributed by atoms with Gasteiger partial charge in [-0.05, 0) is 39.2 Å². The second-order valence-electron chi connectivity index (χ2n) is 6.11. The number of hydrogen-bond donors (Lipinski definition) is 2. The molecule has 1 saturated carbocycles. The predicted molar refractivity (Wildman–Crippen MR) is 77.9 cm³/mol. The topological polar surface area (TPSA) is 58.4 Å². The van der Waals surface area contributed by atoms with E-state index in [-0.39, 0.29) is 11.9 Å². The second-order valence-corrected chi connectivity index (χ2v) is 6.11. The maximum absolute atomic E-state index is 12.3. The summed E-state index contributed by atoms with van der Waals surface area (Å²) in [5.74, 6) is 0.194. The van der Waals surface area contributed by atoms with Gasteiger partial charge in [0.05, 0.1) is 6.04 Å². The van der Waals surface area contributed by atoms with Gasteiger partial charge in [-0.3, -0.25) is 9.69 Å². The summed E-state index contributed by atoms with van der Waals surface area (Å²) in [5.41, 5.74) is 5.73. The molecule has 0 aromatic heterocycles. The normalized spacial score (nSPS) is 31.6. The van der Waals surface area contributed by atoms with Gasteiger partial charge in [-0.15, -0.1) is 0 Å². The van der Waals surface area contributed by atoms with Crippen molar-refractivity contribution < 1.29 is 4.79 Å². The zero-order valence-corrected chi connectivity index (χ0v) is 12.2. The van der Waals surface area contributed by atoms with Crippen LogP contribution in [-0.4, -0.2) is 42.0 Å². The molecule has 0 radical (unpaired) electrons. The molecule has 2 atom stereocenters. The van der Waals surface area contributed by atoms with Crippen molar-refractivity contribution >= 4 is 5.91 Å². The minimum absolute atomic E-state index is 0.00870. The van der Waals surface area contributed by atoms with Crippen LogP contribution in [0.1, 0.15) is 58.3 Å². The van der Waals surface area contributed by atoms with Gasteiger partial charge in [0.1, 0.15) is 0 Å². The Labute approximate surface area is 117 Å². The summed E-state index contributed by atoms with van der Waals surface area (Å²) in [7, 11) is 0. The molecule has 19 heavy (non-hydrogen) atoms. The van der Waals surface area contributed by atoms with E-state index in [1.54, 1.807) is 0 Å². The van der Waals surface area contributed by atoms with Crippen LogP contribution in [-0.2, 0) is 4.79 Å². The molecule has 1 aliphatic carbocycles. The summed E-state index contributed by atoms with van der Waals surface area (Å²) in [6, 6.07) is 1.06. The van der Waals surface area contributed by atoms with Crippen LogP contribution in [0.25, 0.3) is 0 Å².